The number of carbonyl (C=O) groups excluding carboxylic acids is 3. The topological polar surface area (TPSA) is 188 Å². The summed E-state index contributed by atoms with van der Waals surface area (Å²) in [5, 5.41) is 25.6. The number of aliphatic carboxylic acids is 2. The Morgan fingerprint density at radius 3 is 1.58 bits per heavy atom. The third kappa shape index (κ3) is 9.77. The number of carbonyl (C=O) groups is 5. The summed E-state index contributed by atoms with van der Waals surface area (Å²) in [5.41, 5.74) is 5.82. The molecule has 7 N–H and O–H groups in total. The number of hydrogen-bond acceptors (Lipinski definition) is 6. The lowest BCUT2D eigenvalue weighted by Gasteiger charge is -2.27. The number of hydrogen-bond donors (Lipinski definition) is 6. The average molecular weight is 445 g/mol. The fourth-order valence-corrected chi connectivity index (χ4v) is 2.65. The Morgan fingerprint density at radius 2 is 1.19 bits per heavy atom. The predicted molar refractivity (Wildman–Crippen MR) is 113 cm³/mol. The van der Waals surface area contributed by atoms with E-state index in [0.29, 0.717) is 0 Å². The van der Waals surface area contributed by atoms with Crippen LogP contribution >= 0.6 is 0 Å². The van der Waals surface area contributed by atoms with Crippen LogP contribution in [0.4, 0.5) is 0 Å². The van der Waals surface area contributed by atoms with Gasteiger partial charge in [-0.3, -0.25) is 19.2 Å². The van der Waals surface area contributed by atoms with Crippen molar-refractivity contribution < 1.29 is 34.2 Å². The number of rotatable bonds is 13. The van der Waals surface area contributed by atoms with E-state index in [-0.39, 0.29) is 18.3 Å². The van der Waals surface area contributed by atoms with E-state index in [1.54, 1.807) is 41.5 Å². The second-order valence-electron chi connectivity index (χ2n) is 8.56. The van der Waals surface area contributed by atoms with Gasteiger partial charge in [0.15, 0.2) is 0 Å². The van der Waals surface area contributed by atoms with Gasteiger partial charge in [-0.05, 0) is 24.2 Å². The summed E-state index contributed by atoms with van der Waals surface area (Å²) in [6, 6.07) is -4.34. The Morgan fingerprint density at radius 1 is 0.710 bits per heavy atom. The molecule has 0 aliphatic carbocycles. The van der Waals surface area contributed by atoms with Crippen molar-refractivity contribution in [3.05, 3.63) is 0 Å². The first kappa shape index (κ1) is 28.3. The Labute approximate surface area is 182 Å². The summed E-state index contributed by atoms with van der Waals surface area (Å²) in [5.74, 6) is -5.41. The van der Waals surface area contributed by atoms with E-state index in [0.717, 1.165) is 0 Å². The monoisotopic (exact) mass is 444 g/mol. The van der Waals surface area contributed by atoms with Crippen molar-refractivity contribution in [1.29, 1.82) is 0 Å². The molecular weight excluding hydrogens is 408 g/mol. The zero-order valence-corrected chi connectivity index (χ0v) is 19.0. The fourth-order valence-electron chi connectivity index (χ4n) is 2.65. The molecule has 0 aliphatic heterocycles. The summed E-state index contributed by atoms with van der Waals surface area (Å²) in [6.07, 6.45) is -0.670. The second kappa shape index (κ2) is 12.9. The summed E-state index contributed by atoms with van der Waals surface area (Å²) in [6.45, 7) is 10.1. The van der Waals surface area contributed by atoms with Gasteiger partial charge in [0.05, 0.1) is 6.04 Å². The van der Waals surface area contributed by atoms with Crippen LogP contribution in [0.5, 0.6) is 0 Å². The van der Waals surface area contributed by atoms with Gasteiger partial charge in [0.1, 0.15) is 18.1 Å². The van der Waals surface area contributed by atoms with Crippen molar-refractivity contribution in [2.45, 2.75) is 78.6 Å². The van der Waals surface area contributed by atoms with Crippen LogP contribution in [0.1, 0.15) is 54.4 Å². The standard InChI is InChI=1S/C20H36N4O7/c1-9(2)14(21)18(28)23-15(10(3)4)19(29)22-12(7-8-13(25)26)17(27)24-16(11(5)6)20(30)31/h9-12,14-16H,7-8,21H2,1-6H3,(H,22,29)(H,23,28)(H,24,27)(H,25,26)(H,30,31). The number of carboxylic acid groups (broad SMARTS) is 2. The van der Waals surface area contributed by atoms with E-state index >= 15 is 0 Å². The van der Waals surface area contributed by atoms with Gasteiger partial charge in [0.2, 0.25) is 17.7 Å². The molecule has 0 aromatic heterocycles. The van der Waals surface area contributed by atoms with Crippen LogP contribution in [0.15, 0.2) is 0 Å². The van der Waals surface area contributed by atoms with Gasteiger partial charge in [-0.25, -0.2) is 4.79 Å². The second-order valence-corrected chi connectivity index (χ2v) is 8.56. The molecule has 0 aromatic rings. The first-order valence-corrected chi connectivity index (χ1v) is 10.3. The average Bonchev–Trinajstić information content (AvgIpc) is 2.64. The van der Waals surface area contributed by atoms with Crippen molar-refractivity contribution >= 4 is 29.7 Å². The normalized spacial score (nSPS) is 15.2. The molecule has 4 atom stereocenters. The van der Waals surface area contributed by atoms with Crippen molar-refractivity contribution in [3.63, 3.8) is 0 Å². The maximum atomic E-state index is 12.8. The van der Waals surface area contributed by atoms with E-state index in [9.17, 15) is 29.1 Å². The smallest absolute Gasteiger partial charge is 0.326 e. The van der Waals surface area contributed by atoms with Gasteiger partial charge < -0.3 is 31.9 Å². The first-order valence-electron chi connectivity index (χ1n) is 10.3. The van der Waals surface area contributed by atoms with Gasteiger partial charge in [0, 0.05) is 6.42 Å². The SMILES string of the molecule is CC(C)C(N)C(=O)NC(C(=O)NC(CCC(=O)O)C(=O)NC(C(=O)O)C(C)C)C(C)C. The number of nitrogens with one attached hydrogen (secondary N) is 3. The lowest BCUT2D eigenvalue weighted by molar-refractivity contribution is -0.144. The minimum Gasteiger partial charge on any atom is -0.481 e. The number of amides is 3. The van der Waals surface area contributed by atoms with Crippen LogP contribution < -0.4 is 21.7 Å². The number of carboxylic acids is 2. The van der Waals surface area contributed by atoms with Crippen LogP contribution in [0, 0.1) is 17.8 Å². The van der Waals surface area contributed by atoms with Crippen LogP contribution in [0.25, 0.3) is 0 Å². The molecule has 11 heteroatoms. The molecule has 0 spiro atoms. The Kier molecular flexibility index (Phi) is 11.8. The Hall–Kier alpha value is -2.69. The summed E-state index contributed by atoms with van der Waals surface area (Å²) >= 11 is 0. The highest BCUT2D eigenvalue weighted by Crippen LogP contribution is 2.08. The molecule has 0 rings (SSSR count). The lowest BCUT2D eigenvalue weighted by atomic mass is 9.99. The minimum atomic E-state index is -1.29. The third-order valence-electron chi connectivity index (χ3n) is 4.78. The molecule has 0 aliphatic rings. The zero-order valence-electron chi connectivity index (χ0n) is 19.0. The summed E-state index contributed by atoms with van der Waals surface area (Å²) in [4.78, 5) is 60.1. The highest BCUT2D eigenvalue weighted by Gasteiger charge is 2.32. The van der Waals surface area contributed by atoms with Gasteiger partial charge in [0.25, 0.3) is 0 Å². The van der Waals surface area contributed by atoms with E-state index in [2.05, 4.69) is 16.0 Å². The van der Waals surface area contributed by atoms with Crippen molar-refractivity contribution in [3.8, 4) is 0 Å². The van der Waals surface area contributed by atoms with Gasteiger partial charge in [-0.1, -0.05) is 41.5 Å². The molecule has 0 fully saturated rings. The van der Waals surface area contributed by atoms with Crippen molar-refractivity contribution in [2.75, 3.05) is 0 Å². The minimum absolute atomic E-state index is 0.158. The predicted octanol–water partition coefficient (Wildman–Crippen LogP) is -0.314. The van der Waals surface area contributed by atoms with Crippen molar-refractivity contribution in [1.82, 2.24) is 16.0 Å². The molecule has 0 bridgehead atoms. The highest BCUT2D eigenvalue weighted by atomic mass is 16.4. The molecule has 0 saturated heterocycles. The molecular formula is C20H36N4O7. The maximum absolute atomic E-state index is 12.8. The summed E-state index contributed by atoms with van der Waals surface area (Å²) < 4.78 is 0. The largest absolute Gasteiger partial charge is 0.481 e. The van der Waals surface area contributed by atoms with Crippen LogP contribution in [-0.4, -0.2) is 64.0 Å². The molecule has 0 aromatic carbocycles. The first-order chi connectivity index (χ1) is 14.2. The molecule has 31 heavy (non-hydrogen) atoms. The van der Waals surface area contributed by atoms with Crippen LogP contribution in [-0.2, 0) is 24.0 Å². The van der Waals surface area contributed by atoms with Gasteiger partial charge in [-0.2, -0.15) is 0 Å². The van der Waals surface area contributed by atoms with E-state index in [1.165, 1.54) is 0 Å². The maximum Gasteiger partial charge on any atom is 0.326 e. The lowest BCUT2D eigenvalue weighted by Crippen LogP contribution is -2.59. The molecule has 0 radical (unpaired) electrons. The fraction of sp³-hybridized carbons (Fsp3) is 0.750. The molecule has 178 valence electrons. The number of nitrogens with two attached hydrogens (primary N) is 1. The van der Waals surface area contributed by atoms with Crippen LogP contribution in [0.3, 0.4) is 0 Å². The Bertz CT molecular complexity index is 664. The van der Waals surface area contributed by atoms with E-state index in [1.807, 2.05) is 0 Å². The molecule has 4 unspecified atom stereocenters. The van der Waals surface area contributed by atoms with Crippen molar-refractivity contribution in [2.24, 2.45) is 23.5 Å². The van der Waals surface area contributed by atoms with Gasteiger partial charge >= 0.3 is 11.9 Å². The molecule has 0 heterocycles. The highest BCUT2D eigenvalue weighted by molar-refractivity contribution is 5.94. The summed E-state index contributed by atoms with van der Waals surface area (Å²) in [7, 11) is 0. The molecule has 3 amide bonds. The quantitative estimate of drug-likeness (QED) is 0.223. The zero-order chi connectivity index (χ0) is 24.5. The van der Waals surface area contributed by atoms with Gasteiger partial charge in [-0.15, -0.1) is 0 Å². The Balaban J connectivity index is 5.51. The third-order valence-corrected chi connectivity index (χ3v) is 4.78. The molecule has 0 saturated carbocycles. The van der Waals surface area contributed by atoms with E-state index in [4.69, 9.17) is 10.8 Å². The van der Waals surface area contributed by atoms with E-state index < -0.39 is 66.2 Å². The molecule has 11 nitrogen and oxygen atoms in total. The van der Waals surface area contributed by atoms with Crippen LogP contribution in [0.2, 0.25) is 0 Å².